The number of carbonyl (C=O) groups is 3. The average molecular weight is 658 g/mol. The third kappa shape index (κ3) is 5.26. The van der Waals surface area contributed by atoms with Crippen LogP contribution in [0, 0.1) is 12.3 Å². The van der Waals surface area contributed by atoms with Gasteiger partial charge in [-0.1, -0.05) is 47.3 Å². The molecule has 3 saturated heterocycles. The minimum Gasteiger partial charge on any atom is -0.490 e. The molecule has 3 atom stereocenters. The Balaban J connectivity index is 1.29. The topological polar surface area (TPSA) is 91.0 Å². The zero-order valence-electron chi connectivity index (χ0n) is 25.2. The lowest BCUT2D eigenvalue weighted by molar-refractivity contribution is -0.131. The minimum absolute atomic E-state index is 0.0703. The lowest BCUT2D eigenvalue weighted by Gasteiger charge is -2.47. The number of hydrogen-bond donors (Lipinski definition) is 2. The number of amides is 4. The average Bonchev–Trinajstić information content (AvgIpc) is 3.69. The molecule has 4 heterocycles. The van der Waals surface area contributed by atoms with Crippen LogP contribution in [0.2, 0.25) is 10.0 Å². The lowest BCUT2D eigenvalue weighted by Crippen LogP contribution is -2.57. The van der Waals surface area contributed by atoms with Gasteiger partial charge in [0.1, 0.15) is 17.3 Å². The number of terminal acetylenes is 1. The van der Waals surface area contributed by atoms with E-state index in [1.807, 2.05) is 46.2 Å². The fraction of sp³-hybridized carbons (Fsp3) is 0.361. The largest absolute Gasteiger partial charge is 0.490 e. The van der Waals surface area contributed by atoms with Gasteiger partial charge in [0.25, 0.3) is 0 Å². The van der Waals surface area contributed by atoms with Gasteiger partial charge in [-0.15, -0.1) is 6.42 Å². The molecule has 0 radical (unpaired) electrons. The van der Waals surface area contributed by atoms with Gasteiger partial charge >= 0.3 is 6.03 Å². The van der Waals surface area contributed by atoms with Crippen molar-refractivity contribution >= 4 is 46.7 Å². The van der Waals surface area contributed by atoms with Crippen molar-refractivity contribution in [1.29, 1.82) is 0 Å². The summed E-state index contributed by atoms with van der Waals surface area (Å²) in [5.41, 5.74) is 2.03. The quantitative estimate of drug-likeness (QED) is 0.324. The molecule has 0 saturated carbocycles. The van der Waals surface area contributed by atoms with Crippen LogP contribution in [0.25, 0.3) is 0 Å². The summed E-state index contributed by atoms with van der Waals surface area (Å²) >= 11 is 12.8. The Hall–Kier alpha value is -4.19. The van der Waals surface area contributed by atoms with E-state index in [4.69, 9.17) is 34.4 Å². The number of hydrogen-bond acceptors (Lipinski definition) is 4. The molecule has 3 aromatic carbocycles. The zero-order chi connectivity index (χ0) is 32.0. The Morgan fingerprint density at radius 2 is 1.67 bits per heavy atom. The highest BCUT2D eigenvalue weighted by molar-refractivity contribution is 6.31. The lowest BCUT2D eigenvalue weighted by atomic mass is 9.59. The number of anilines is 1. The van der Waals surface area contributed by atoms with Crippen LogP contribution in [-0.2, 0) is 15.0 Å². The summed E-state index contributed by atoms with van der Waals surface area (Å²) in [6, 6.07) is 17.4. The molecule has 0 bridgehead atoms. The van der Waals surface area contributed by atoms with Crippen LogP contribution in [0.3, 0.4) is 0 Å². The maximum absolute atomic E-state index is 14.5. The van der Waals surface area contributed by atoms with Crippen molar-refractivity contribution in [2.75, 3.05) is 31.5 Å². The van der Waals surface area contributed by atoms with Crippen LogP contribution in [0.5, 0.6) is 5.75 Å². The van der Waals surface area contributed by atoms with Gasteiger partial charge in [-0.3, -0.25) is 9.59 Å². The van der Waals surface area contributed by atoms with Crippen molar-refractivity contribution in [1.82, 2.24) is 15.1 Å². The molecule has 4 aliphatic rings. The number of ether oxygens (including phenoxy) is 1. The number of benzene rings is 3. The molecule has 236 valence electrons. The van der Waals surface area contributed by atoms with E-state index >= 15 is 0 Å². The van der Waals surface area contributed by atoms with Gasteiger partial charge in [-0.2, -0.15) is 0 Å². The van der Waals surface area contributed by atoms with E-state index in [-0.39, 0.29) is 30.4 Å². The van der Waals surface area contributed by atoms with E-state index < -0.39 is 17.4 Å². The molecule has 0 aromatic heterocycles. The van der Waals surface area contributed by atoms with Crippen molar-refractivity contribution in [2.24, 2.45) is 0 Å². The molecule has 46 heavy (non-hydrogen) atoms. The van der Waals surface area contributed by atoms with Crippen molar-refractivity contribution in [3.8, 4) is 18.1 Å². The molecule has 4 aliphatic heterocycles. The number of piperidine rings is 2. The number of likely N-dealkylation sites (tertiary alicyclic amines) is 2. The fourth-order valence-electron chi connectivity index (χ4n) is 7.69. The number of fused-ring (bicyclic) bond motifs is 2. The summed E-state index contributed by atoms with van der Waals surface area (Å²) in [5, 5.41) is 7.24. The third-order valence-electron chi connectivity index (χ3n) is 9.87. The number of rotatable bonds is 4. The molecule has 1 spiro atoms. The molecule has 10 heteroatoms. The molecule has 4 amide bonds. The van der Waals surface area contributed by atoms with Crippen molar-refractivity contribution in [3.63, 3.8) is 0 Å². The first-order chi connectivity index (χ1) is 22.3. The van der Waals surface area contributed by atoms with E-state index in [1.54, 1.807) is 24.3 Å². The van der Waals surface area contributed by atoms with Crippen molar-refractivity contribution in [2.45, 2.75) is 55.6 Å². The molecule has 0 aliphatic carbocycles. The maximum atomic E-state index is 14.5. The molecular formula is C36H34Cl2N4O4. The van der Waals surface area contributed by atoms with Crippen molar-refractivity contribution in [3.05, 3.63) is 93.0 Å². The van der Waals surface area contributed by atoms with Crippen LogP contribution in [0.4, 0.5) is 10.5 Å². The highest BCUT2D eigenvalue weighted by Gasteiger charge is 2.61. The molecule has 0 unspecified atom stereocenters. The molecule has 2 N–H and O–H groups in total. The Kier molecular flexibility index (Phi) is 8.08. The molecular weight excluding hydrogens is 623 g/mol. The molecule has 3 fully saturated rings. The van der Waals surface area contributed by atoms with E-state index in [2.05, 4.69) is 16.6 Å². The van der Waals surface area contributed by atoms with E-state index in [1.165, 1.54) is 0 Å². The Labute approximate surface area is 278 Å². The number of nitrogens with zero attached hydrogens (tertiary/aromatic N) is 2. The summed E-state index contributed by atoms with van der Waals surface area (Å²) < 4.78 is 6.69. The van der Waals surface area contributed by atoms with Gasteiger partial charge in [-0.25, -0.2) is 4.79 Å². The second-order valence-corrected chi connectivity index (χ2v) is 13.4. The van der Waals surface area contributed by atoms with E-state index in [0.29, 0.717) is 58.5 Å². The highest BCUT2D eigenvalue weighted by Crippen LogP contribution is 2.58. The summed E-state index contributed by atoms with van der Waals surface area (Å²) in [6.07, 6.45) is 9.20. The predicted octanol–water partition coefficient (Wildman–Crippen LogP) is 6.27. The first kappa shape index (κ1) is 30.5. The first-order valence-corrected chi connectivity index (χ1v) is 16.5. The van der Waals surface area contributed by atoms with Gasteiger partial charge in [0.05, 0.1) is 6.04 Å². The summed E-state index contributed by atoms with van der Waals surface area (Å²) in [5.74, 6) is 2.22. The highest BCUT2D eigenvalue weighted by atomic mass is 35.5. The summed E-state index contributed by atoms with van der Waals surface area (Å²) in [6.45, 7) is 2.81. The summed E-state index contributed by atoms with van der Waals surface area (Å²) in [4.78, 5) is 44.9. The second kappa shape index (κ2) is 12.2. The number of carbonyl (C=O) groups excluding carboxylic acids is 3. The van der Waals surface area contributed by atoms with Crippen molar-refractivity contribution < 1.29 is 19.1 Å². The molecule has 8 nitrogen and oxygen atoms in total. The van der Waals surface area contributed by atoms with Gasteiger partial charge in [0, 0.05) is 78.2 Å². The van der Waals surface area contributed by atoms with E-state index in [0.717, 1.165) is 37.1 Å². The van der Waals surface area contributed by atoms with Crippen LogP contribution < -0.4 is 15.4 Å². The molecule has 7 rings (SSSR count). The second-order valence-electron chi connectivity index (χ2n) is 12.5. The van der Waals surface area contributed by atoms with Crippen LogP contribution in [0.15, 0.2) is 60.7 Å². The standard InChI is InChI=1S/C36H34Cl2N4O4/c1-2-22-8-11-31(46-26-12-16-42(17-13-26)35(45)41-14-3-4-15-41)27(18-22)33-36(28-10-9-25(38)20-30(28)39-34(36)44)29(21-32(43)40-33)23-6-5-7-24(37)19-23/h1,5-11,18-20,26,29,33H,3-4,12-17,21H2,(H,39,44)(H,40,43)/t29-,33+,36-/m0/s1. The normalized spacial score (nSPS) is 24.4. The predicted molar refractivity (Wildman–Crippen MR) is 177 cm³/mol. The Morgan fingerprint density at radius 3 is 2.41 bits per heavy atom. The zero-order valence-corrected chi connectivity index (χ0v) is 26.7. The smallest absolute Gasteiger partial charge is 0.320 e. The minimum atomic E-state index is -1.27. The number of nitrogens with one attached hydrogen (secondary N) is 2. The fourth-order valence-corrected chi connectivity index (χ4v) is 8.06. The SMILES string of the molecule is C#Cc1ccc(OC2CCN(C(=O)N3CCCC3)CC2)c([C@H]2NC(=O)C[C@@H](c3cccc(Cl)c3)[C@]23C(=O)Nc2cc(Cl)ccc23)c1. The summed E-state index contributed by atoms with van der Waals surface area (Å²) in [7, 11) is 0. The first-order valence-electron chi connectivity index (χ1n) is 15.8. The number of urea groups is 1. The Morgan fingerprint density at radius 1 is 0.935 bits per heavy atom. The number of halogens is 2. The van der Waals surface area contributed by atoms with E-state index in [9.17, 15) is 14.4 Å². The van der Waals surface area contributed by atoms with Crippen LogP contribution in [0.1, 0.15) is 66.3 Å². The van der Waals surface area contributed by atoms with Gasteiger partial charge in [-0.05, 0) is 66.4 Å². The monoisotopic (exact) mass is 656 g/mol. The maximum Gasteiger partial charge on any atom is 0.320 e. The molecule has 3 aromatic rings. The van der Waals surface area contributed by atoms with Gasteiger partial charge in [0.15, 0.2) is 0 Å². The van der Waals surface area contributed by atoms with Gasteiger partial charge in [0.2, 0.25) is 11.8 Å². The van der Waals surface area contributed by atoms with Crippen LogP contribution >= 0.6 is 23.2 Å². The van der Waals surface area contributed by atoms with Crippen LogP contribution in [-0.4, -0.2) is 59.9 Å². The Bertz CT molecular complexity index is 1760. The van der Waals surface area contributed by atoms with Gasteiger partial charge < -0.3 is 25.2 Å². The third-order valence-corrected chi connectivity index (χ3v) is 10.3.